The Kier molecular flexibility index (Phi) is 6.55. The van der Waals surface area contributed by atoms with Gasteiger partial charge < -0.3 is 20.4 Å². The van der Waals surface area contributed by atoms with Gasteiger partial charge in [0.15, 0.2) is 0 Å². The van der Waals surface area contributed by atoms with Crippen LogP contribution in [0.4, 0.5) is 23.1 Å². The fraction of sp³-hybridized carbons (Fsp3) is 0.304. The number of fused-ring (bicyclic) bond motifs is 3. The lowest BCUT2D eigenvalue weighted by molar-refractivity contribution is 0.416. The van der Waals surface area contributed by atoms with Crippen LogP contribution in [0, 0.1) is 6.92 Å². The molecule has 166 valence electrons. The Balaban J connectivity index is 1.60. The molecule has 2 N–H and O–H groups in total. The van der Waals surface area contributed by atoms with Crippen molar-refractivity contribution in [2.45, 2.75) is 13.3 Å². The van der Waals surface area contributed by atoms with Gasteiger partial charge in [-0.3, -0.25) is 0 Å². The van der Waals surface area contributed by atoms with Gasteiger partial charge in [0.2, 0.25) is 5.95 Å². The molecule has 0 unspecified atom stereocenters. The van der Waals surface area contributed by atoms with Gasteiger partial charge in [0, 0.05) is 54.6 Å². The van der Waals surface area contributed by atoms with E-state index in [-0.39, 0.29) is 0 Å². The van der Waals surface area contributed by atoms with E-state index >= 15 is 0 Å². The Morgan fingerprint density at radius 2 is 1.94 bits per heavy atom. The summed E-state index contributed by atoms with van der Waals surface area (Å²) in [7, 11) is 6.18. The zero-order valence-electron chi connectivity index (χ0n) is 18.6. The molecule has 0 amide bonds. The van der Waals surface area contributed by atoms with Crippen molar-refractivity contribution in [3.63, 3.8) is 0 Å². The first kappa shape index (κ1) is 22.4. The van der Waals surface area contributed by atoms with E-state index in [1.54, 1.807) is 0 Å². The van der Waals surface area contributed by atoms with Crippen LogP contribution in [0.25, 0.3) is 11.3 Å². The van der Waals surface area contributed by atoms with Crippen LogP contribution in [0.1, 0.15) is 11.3 Å². The number of hydrogen-bond donors (Lipinski definition) is 2. The van der Waals surface area contributed by atoms with Crippen molar-refractivity contribution in [2.75, 3.05) is 49.8 Å². The van der Waals surface area contributed by atoms with Crippen LogP contribution in [0.2, 0.25) is 5.02 Å². The van der Waals surface area contributed by atoms with E-state index in [0.717, 1.165) is 52.8 Å². The molecule has 2 aromatic heterocycles. The van der Waals surface area contributed by atoms with Crippen LogP contribution >= 0.6 is 23.8 Å². The third-order valence-electron chi connectivity index (χ3n) is 5.32. The SMILES string of the molecule is Cc1nc(N(C)CCN(C)C)ccc1Nc1ncc2c(n1)-c1ccc(Cl)cc1NC(=S)C2. The van der Waals surface area contributed by atoms with Crippen LogP contribution in [0.5, 0.6) is 0 Å². The number of rotatable bonds is 6. The lowest BCUT2D eigenvalue weighted by Crippen LogP contribution is -2.29. The minimum Gasteiger partial charge on any atom is -0.358 e. The van der Waals surface area contributed by atoms with E-state index in [0.29, 0.717) is 22.4 Å². The Bertz CT molecular complexity index is 1170. The zero-order chi connectivity index (χ0) is 22.8. The first-order valence-corrected chi connectivity index (χ1v) is 11.1. The van der Waals surface area contributed by atoms with E-state index in [1.807, 2.05) is 43.5 Å². The predicted octanol–water partition coefficient (Wildman–Crippen LogP) is 4.54. The number of anilines is 4. The molecule has 3 aromatic rings. The number of halogens is 1. The molecular weight excluding hydrogens is 442 g/mol. The molecule has 0 aliphatic carbocycles. The van der Waals surface area contributed by atoms with Gasteiger partial charge in [-0.05, 0) is 51.4 Å². The Hall–Kier alpha value is -2.81. The molecular formula is C23H26ClN7S. The molecule has 4 rings (SSSR count). The van der Waals surface area contributed by atoms with E-state index in [4.69, 9.17) is 33.8 Å². The highest BCUT2D eigenvalue weighted by Gasteiger charge is 2.20. The van der Waals surface area contributed by atoms with Gasteiger partial charge in [-0.1, -0.05) is 23.8 Å². The zero-order valence-corrected chi connectivity index (χ0v) is 20.2. The average molecular weight is 468 g/mol. The van der Waals surface area contributed by atoms with Gasteiger partial charge in [0.25, 0.3) is 0 Å². The maximum absolute atomic E-state index is 6.19. The van der Waals surface area contributed by atoms with E-state index in [2.05, 4.69) is 46.6 Å². The molecule has 0 spiro atoms. The second-order valence-corrected chi connectivity index (χ2v) is 9.06. The first-order chi connectivity index (χ1) is 15.3. The number of aromatic nitrogens is 3. The Morgan fingerprint density at radius 3 is 2.69 bits per heavy atom. The number of hydrogen-bond acceptors (Lipinski definition) is 7. The summed E-state index contributed by atoms with van der Waals surface area (Å²) in [5.74, 6) is 1.44. The smallest absolute Gasteiger partial charge is 0.227 e. The normalized spacial score (nSPS) is 12.6. The van der Waals surface area contributed by atoms with Crippen LogP contribution in [0.15, 0.2) is 36.5 Å². The molecule has 0 radical (unpaired) electrons. The summed E-state index contributed by atoms with van der Waals surface area (Å²) in [6.07, 6.45) is 2.40. The number of aryl methyl sites for hydroxylation is 1. The summed E-state index contributed by atoms with van der Waals surface area (Å²) in [6.45, 7) is 3.85. The Morgan fingerprint density at radius 1 is 1.12 bits per heavy atom. The maximum atomic E-state index is 6.19. The molecule has 3 heterocycles. The average Bonchev–Trinajstić information content (AvgIpc) is 2.88. The number of likely N-dealkylation sites (N-methyl/N-ethyl adjacent to an activating group) is 2. The van der Waals surface area contributed by atoms with Crippen molar-refractivity contribution in [3.05, 3.63) is 52.8 Å². The van der Waals surface area contributed by atoms with Crippen LogP contribution < -0.4 is 15.5 Å². The molecule has 0 saturated heterocycles. The first-order valence-electron chi connectivity index (χ1n) is 10.4. The number of nitrogens with one attached hydrogen (secondary N) is 2. The molecule has 0 fully saturated rings. The monoisotopic (exact) mass is 467 g/mol. The summed E-state index contributed by atoms with van der Waals surface area (Å²) in [6, 6.07) is 9.71. The third kappa shape index (κ3) is 4.98. The van der Waals surface area contributed by atoms with Crippen molar-refractivity contribution in [1.82, 2.24) is 19.9 Å². The molecule has 1 aliphatic heterocycles. The second kappa shape index (κ2) is 9.36. The van der Waals surface area contributed by atoms with Gasteiger partial charge in [0.05, 0.1) is 22.1 Å². The molecule has 32 heavy (non-hydrogen) atoms. The quantitative estimate of drug-likeness (QED) is 0.512. The highest BCUT2D eigenvalue weighted by Crippen LogP contribution is 2.35. The molecule has 0 saturated carbocycles. The third-order valence-corrected chi connectivity index (χ3v) is 5.80. The highest BCUT2D eigenvalue weighted by atomic mass is 35.5. The number of nitrogens with zero attached hydrogens (tertiary/aromatic N) is 5. The van der Waals surface area contributed by atoms with Gasteiger partial charge in [-0.15, -0.1) is 0 Å². The highest BCUT2D eigenvalue weighted by molar-refractivity contribution is 7.80. The summed E-state index contributed by atoms with van der Waals surface area (Å²) >= 11 is 11.7. The van der Waals surface area contributed by atoms with Crippen molar-refractivity contribution in [2.24, 2.45) is 0 Å². The lowest BCUT2D eigenvalue weighted by Gasteiger charge is -2.21. The molecule has 0 bridgehead atoms. The molecule has 0 atom stereocenters. The minimum absolute atomic E-state index is 0.510. The van der Waals surface area contributed by atoms with Crippen molar-refractivity contribution < 1.29 is 0 Å². The van der Waals surface area contributed by atoms with Gasteiger partial charge >= 0.3 is 0 Å². The number of pyridine rings is 1. The molecule has 7 nitrogen and oxygen atoms in total. The van der Waals surface area contributed by atoms with E-state index in [1.165, 1.54) is 0 Å². The van der Waals surface area contributed by atoms with Crippen molar-refractivity contribution >= 4 is 51.9 Å². The Labute approximate surface area is 198 Å². The second-order valence-electron chi connectivity index (χ2n) is 8.13. The number of thiocarbonyl (C=S) groups is 1. The van der Waals surface area contributed by atoms with Crippen LogP contribution in [-0.4, -0.2) is 59.1 Å². The summed E-state index contributed by atoms with van der Waals surface area (Å²) in [5, 5.41) is 7.23. The van der Waals surface area contributed by atoms with Crippen molar-refractivity contribution in [3.8, 4) is 11.3 Å². The van der Waals surface area contributed by atoms with Gasteiger partial charge in [-0.25, -0.2) is 15.0 Å². The topological polar surface area (TPSA) is 69.2 Å². The largest absolute Gasteiger partial charge is 0.358 e. The van der Waals surface area contributed by atoms with Crippen LogP contribution in [0.3, 0.4) is 0 Å². The van der Waals surface area contributed by atoms with Crippen LogP contribution in [-0.2, 0) is 6.42 Å². The maximum Gasteiger partial charge on any atom is 0.227 e. The summed E-state index contributed by atoms with van der Waals surface area (Å²) in [5.41, 5.74) is 5.37. The van der Waals surface area contributed by atoms with E-state index < -0.39 is 0 Å². The number of benzene rings is 1. The van der Waals surface area contributed by atoms with Gasteiger partial charge in [-0.2, -0.15) is 0 Å². The summed E-state index contributed by atoms with van der Waals surface area (Å²) < 4.78 is 0. The van der Waals surface area contributed by atoms with Gasteiger partial charge in [0.1, 0.15) is 5.82 Å². The summed E-state index contributed by atoms with van der Waals surface area (Å²) in [4.78, 5) is 19.1. The van der Waals surface area contributed by atoms with E-state index in [9.17, 15) is 0 Å². The lowest BCUT2D eigenvalue weighted by atomic mass is 10.1. The minimum atomic E-state index is 0.510. The molecule has 1 aromatic carbocycles. The fourth-order valence-electron chi connectivity index (χ4n) is 3.50. The van der Waals surface area contributed by atoms with Crippen molar-refractivity contribution in [1.29, 1.82) is 0 Å². The fourth-order valence-corrected chi connectivity index (χ4v) is 3.94. The molecule has 9 heteroatoms. The predicted molar refractivity (Wildman–Crippen MR) is 136 cm³/mol. The standard InChI is InChI=1S/C23H26ClN7S/c1-14-18(7-8-20(26-14)31(4)10-9-30(2)3)28-23-25-13-15-11-21(32)27-19-12-16(24)5-6-17(19)22(15)29-23/h5-8,12-13H,9-11H2,1-4H3,(H,27,32)(H,25,28,29). The molecule has 1 aliphatic rings.